The van der Waals surface area contributed by atoms with Crippen molar-refractivity contribution in [2.24, 2.45) is 5.41 Å². The lowest BCUT2D eigenvalue weighted by atomic mass is 9.83. The molecule has 1 saturated heterocycles. The van der Waals surface area contributed by atoms with Crippen molar-refractivity contribution in [1.82, 2.24) is 0 Å². The van der Waals surface area contributed by atoms with Gasteiger partial charge in [0, 0.05) is 23.1 Å². The van der Waals surface area contributed by atoms with Crippen molar-refractivity contribution in [3.05, 3.63) is 28.7 Å². The number of ether oxygens (including phenoxy) is 2. The quantitative estimate of drug-likeness (QED) is 0.856. The fourth-order valence-corrected chi connectivity index (χ4v) is 2.59. The van der Waals surface area contributed by atoms with E-state index in [9.17, 15) is 0 Å². The minimum atomic E-state index is 0.175. The number of benzene rings is 1. The third kappa shape index (κ3) is 3.63. The Morgan fingerprint density at radius 3 is 2.47 bits per heavy atom. The van der Waals surface area contributed by atoms with E-state index in [0.29, 0.717) is 0 Å². The predicted octanol–water partition coefficient (Wildman–Crippen LogP) is 3.55. The summed E-state index contributed by atoms with van der Waals surface area (Å²) < 4.78 is 12.3. The van der Waals surface area contributed by atoms with Crippen molar-refractivity contribution in [1.29, 1.82) is 0 Å². The highest BCUT2D eigenvalue weighted by Gasteiger charge is 2.32. The minimum absolute atomic E-state index is 0.175. The Morgan fingerprint density at radius 1 is 1.24 bits per heavy atom. The zero-order chi connectivity index (χ0) is 12.1. The van der Waals surface area contributed by atoms with Gasteiger partial charge in [0.1, 0.15) is 5.75 Å². The van der Waals surface area contributed by atoms with E-state index in [-0.39, 0.29) is 5.41 Å². The Hall–Kier alpha value is -0.190. The Balaban J connectivity index is 1.93. The third-order valence-corrected chi connectivity index (χ3v) is 4.45. The third-order valence-electron chi connectivity index (χ3n) is 3.25. The van der Waals surface area contributed by atoms with Crippen LogP contribution in [0, 0.1) is 5.41 Å². The van der Waals surface area contributed by atoms with Crippen LogP contribution in [0.25, 0.3) is 0 Å². The number of hydrogen-bond donors (Lipinski definition) is 1. The fourth-order valence-electron chi connectivity index (χ4n) is 1.92. The van der Waals surface area contributed by atoms with Gasteiger partial charge >= 0.3 is 0 Å². The first-order valence-electron chi connectivity index (χ1n) is 5.81. The molecule has 2 nitrogen and oxygen atoms in total. The van der Waals surface area contributed by atoms with Gasteiger partial charge in [-0.15, -0.1) is 0 Å². The molecule has 0 N–H and O–H groups in total. The Bertz CT molecular complexity index is 347. The second kappa shape index (κ2) is 6.12. The van der Waals surface area contributed by atoms with Gasteiger partial charge in [0.05, 0.1) is 6.61 Å². The second-order valence-electron chi connectivity index (χ2n) is 4.51. The van der Waals surface area contributed by atoms with Crippen molar-refractivity contribution in [2.45, 2.75) is 12.8 Å². The summed E-state index contributed by atoms with van der Waals surface area (Å²) in [7, 11) is 0. The molecule has 1 aliphatic rings. The summed E-state index contributed by atoms with van der Waals surface area (Å²) in [6.07, 6.45) is 2.07. The van der Waals surface area contributed by atoms with Crippen molar-refractivity contribution in [3.63, 3.8) is 0 Å². The average molecular weight is 317 g/mol. The molecule has 0 spiro atoms. The molecular weight excluding hydrogens is 300 g/mol. The van der Waals surface area contributed by atoms with Crippen molar-refractivity contribution < 1.29 is 9.47 Å². The molecule has 0 atom stereocenters. The van der Waals surface area contributed by atoms with E-state index in [1.165, 1.54) is 0 Å². The van der Waals surface area contributed by atoms with Crippen LogP contribution in [-0.4, -0.2) is 25.6 Å². The van der Waals surface area contributed by atoms with Gasteiger partial charge in [-0.1, -0.05) is 15.9 Å². The molecule has 0 saturated carbocycles. The van der Waals surface area contributed by atoms with Gasteiger partial charge in [-0.25, -0.2) is 0 Å². The molecule has 0 bridgehead atoms. The molecule has 0 aromatic heterocycles. The summed E-state index contributed by atoms with van der Waals surface area (Å²) in [5.41, 5.74) is 0.175. The molecule has 1 aromatic carbocycles. The minimum Gasteiger partial charge on any atom is -0.493 e. The molecule has 1 aromatic rings. The zero-order valence-electron chi connectivity index (χ0n) is 9.69. The Morgan fingerprint density at radius 2 is 1.88 bits per heavy atom. The second-order valence-corrected chi connectivity index (χ2v) is 5.74. The molecule has 94 valence electrons. The van der Waals surface area contributed by atoms with Crippen LogP contribution >= 0.6 is 28.6 Å². The molecule has 0 radical (unpaired) electrons. The van der Waals surface area contributed by atoms with E-state index in [2.05, 4.69) is 28.6 Å². The molecule has 4 heteroatoms. The van der Waals surface area contributed by atoms with Gasteiger partial charge in [0.15, 0.2) is 0 Å². The summed E-state index contributed by atoms with van der Waals surface area (Å²) in [4.78, 5) is 0. The first-order chi connectivity index (χ1) is 8.24. The maximum absolute atomic E-state index is 5.87. The van der Waals surface area contributed by atoms with Crippen LogP contribution in [0.1, 0.15) is 12.8 Å². The molecular formula is C13H17BrO2S. The van der Waals surface area contributed by atoms with E-state index in [0.717, 1.165) is 48.6 Å². The lowest BCUT2D eigenvalue weighted by Gasteiger charge is -2.35. The van der Waals surface area contributed by atoms with E-state index in [1.54, 1.807) is 0 Å². The Labute approximate surface area is 116 Å². The van der Waals surface area contributed by atoms with E-state index >= 15 is 0 Å². The van der Waals surface area contributed by atoms with Gasteiger partial charge in [0.2, 0.25) is 0 Å². The number of halogens is 1. The maximum atomic E-state index is 5.87. The molecule has 0 unspecified atom stereocenters. The van der Waals surface area contributed by atoms with Crippen molar-refractivity contribution >= 4 is 28.6 Å². The van der Waals surface area contributed by atoms with Crippen LogP contribution in [0.15, 0.2) is 28.7 Å². The molecule has 1 aliphatic heterocycles. The van der Waals surface area contributed by atoms with Crippen molar-refractivity contribution in [2.75, 3.05) is 25.6 Å². The van der Waals surface area contributed by atoms with Crippen molar-refractivity contribution in [3.8, 4) is 5.75 Å². The molecule has 0 amide bonds. The smallest absolute Gasteiger partial charge is 0.119 e. The standard InChI is InChI=1S/C13H17BrO2S/c14-11-1-3-12(4-2-11)16-9-13(10-17)5-7-15-8-6-13/h1-4,17H,5-10H2. The van der Waals surface area contributed by atoms with Gasteiger partial charge < -0.3 is 9.47 Å². The molecule has 0 aliphatic carbocycles. The van der Waals surface area contributed by atoms with Gasteiger partial charge in [-0.3, -0.25) is 0 Å². The first kappa shape index (κ1) is 13.2. The summed E-state index contributed by atoms with van der Waals surface area (Å²) >= 11 is 7.88. The van der Waals surface area contributed by atoms with Gasteiger partial charge in [0.25, 0.3) is 0 Å². The first-order valence-corrected chi connectivity index (χ1v) is 7.24. The largest absolute Gasteiger partial charge is 0.493 e. The summed E-state index contributed by atoms with van der Waals surface area (Å²) in [6.45, 7) is 2.37. The van der Waals surface area contributed by atoms with E-state index in [1.807, 2.05) is 24.3 Å². The molecule has 17 heavy (non-hydrogen) atoms. The van der Waals surface area contributed by atoms with Crippen LogP contribution in [0.3, 0.4) is 0 Å². The summed E-state index contributed by atoms with van der Waals surface area (Å²) in [6, 6.07) is 7.95. The lowest BCUT2D eigenvalue weighted by molar-refractivity contribution is 0.00311. The number of thiol groups is 1. The predicted molar refractivity (Wildman–Crippen MR) is 76.0 cm³/mol. The maximum Gasteiger partial charge on any atom is 0.119 e. The highest BCUT2D eigenvalue weighted by atomic mass is 79.9. The van der Waals surface area contributed by atoms with Gasteiger partial charge in [-0.2, -0.15) is 12.6 Å². The normalized spacial score (nSPS) is 18.9. The zero-order valence-corrected chi connectivity index (χ0v) is 12.2. The molecule has 1 heterocycles. The highest BCUT2D eigenvalue weighted by molar-refractivity contribution is 9.10. The highest BCUT2D eigenvalue weighted by Crippen LogP contribution is 2.32. The van der Waals surface area contributed by atoms with Crippen LogP contribution in [0.2, 0.25) is 0 Å². The number of hydrogen-bond acceptors (Lipinski definition) is 3. The van der Waals surface area contributed by atoms with Crippen LogP contribution in [-0.2, 0) is 4.74 Å². The monoisotopic (exact) mass is 316 g/mol. The fraction of sp³-hybridized carbons (Fsp3) is 0.538. The average Bonchev–Trinajstić information content (AvgIpc) is 2.39. The topological polar surface area (TPSA) is 18.5 Å². The van der Waals surface area contributed by atoms with Gasteiger partial charge in [-0.05, 0) is 42.9 Å². The number of rotatable bonds is 4. The summed E-state index contributed by atoms with van der Waals surface area (Å²) in [5, 5.41) is 0. The summed E-state index contributed by atoms with van der Waals surface area (Å²) in [5.74, 6) is 1.77. The SMILES string of the molecule is SCC1(COc2ccc(Br)cc2)CCOCC1. The molecule has 1 fully saturated rings. The van der Waals surface area contributed by atoms with E-state index in [4.69, 9.17) is 9.47 Å². The lowest BCUT2D eigenvalue weighted by Crippen LogP contribution is -2.36. The molecule has 2 rings (SSSR count). The van der Waals surface area contributed by atoms with Crippen LogP contribution in [0.5, 0.6) is 5.75 Å². The van der Waals surface area contributed by atoms with E-state index < -0.39 is 0 Å². The van der Waals surface area contributed by atoms with Crippen LogP contribution < -0.4 is 4.74 Å². The van der Waals surface area contributed by atoms with Crippen LogP contribution in [0.4, 0.5) is 0 Å². The Kier molecular flexibility index (Phi) is 4.77.